The Hall–Kier alpha value is -3.06. The summed E-state index contributed by atoms with van der Waals surface area (Å²) in [6, 6.07) is 10.8. The third-order valence-corrected chi connectivity index (χ3v) is 5.56. The van der Waals surface area contributed by atoms with Crippen LogP contribution in [-0.2, 0) is 5.41 Å². The lowest BCUT2D eigenvalue weighted by Gasteiger charge is -2.21. The molecule has 1 unspecified atom stereocenters. The van der Waals surface area contributed by atoms with Gasteiger partial charge in [-0.1, -0.05) is 39.8 Å². The van der Waals surface area contributed by atoms with Gasteiger partial charge in [-0.3, -0.25) is 0 Å². The number of aromatic amines is 1. The Balaban J connectivity index is 2.02. The van der Waals surface area contributed by atoms with E-state index < -0.39 is 5.69 Å². The maximum Gasteiger partial charge on any atom is 0.348 e. The number of phenolic OH excluding ortho intramolecular Hbond substituents is 2. The molecule has 166 valence electrons. The van der Waals surface area contributed by atoms with Crippen molar-refractivity contribution in [2.45, 2.75) is 45.4 Å². The minimum Gasteiger partial charge on any atom is -0.508 e. The zero-order valence-electron chi connectivity index (χ0n) is 19.1. The summed E-state index contributed by atoms with van der Waals surface area (Å²) in [5, 5.41) is 27.4. The normalized spacial score (nSPS) is 13.0. The van der Waals surface area contributed by atoms with Crippen LogP contribution < -0.4 is 5.69 Å². The zero-order chi connectivity index (χ0) is 22.9. The summed E-state index contributed by atoms with van der Waals surface area (Å²) in [4.78, 5) is 14.7. The van der Waals surface area contributed by atoms with Crippen molar-refractivity contribution >= 4 is 0 Å². The van der Waals surface area contributed by atoms with Gasteiger partial charge < -0.3 is 15.1 Å². The van der Waals surface area contributed by atoms with E-state index in [1.165, 1.54) is 16.2 Å². The van der Waals surface area contributed by atoms with E-state index in [0.717, 1.165) is 13.0 Å². The molecule has 3 N–H and O–H groups in total. The molecule has 1 atom stereocenters. The Kier molecular flexibility index (Phi) is 6.27. The van der Waals surface area contributed by atoms with E-state index in [1.807, 2.05) is 45.0 Å². The average Bonchev–Trinajstić information content (AvgIpc) is 3.06. The van der Waals surface area contributed by atoms with Crippen LogP contribution in [0.4, 0.5) is 0 Å². The van der Waals surface area contributed by atoms with Gasteiger partial charge in [-0.15, -0.1) is 0 Å². The van der Waals surface area contributed by atoms with Crippen LogP contribution in [0.2, 0.25) is 0 Å². The SMILES string of the molecule is CC(CCN(C)C)c1ccc(-n2c(-c3cc(C(C)(C)C)c(O)cc3O)n[nH]c2=O)cc1. The highest BCUT2D eigenvalue weighted by atomic mass is 16.3. The maximum absolute atomic E-state index is 12.6. The van der Waals surface area contributed by atoms with Gasteiger partial charge in [0, 0.05) is 11.6 Å². The highest BCUT2D eigenvalue weighted by Crippen LogP contribution is 2.39. The molecule has 0 aliphatic heterocycles. The molecular weight excluding hydrogens is 392 g/mol. The van der Waals surface area contributed by atoms with Gasteiger partial charge in [0.1, 0.15) is 11.5 Å². The lowest BCUT2D eigenvalue weighted by atomic mass is 9.85. The van der Waals surface area contributed by atoms with E-state index >= 15 is 0 Å². The van der Waals surface area contributed by atoms with E-state index in [0.29, 0.717) is 28.6 Å². The average molecular weight is 425 g/mol. The third-order valence-electron chi connectivity index (χ3n) is 5.56. The zero-order valence-corrected chi connectivity index (χ0v) is 19.1. The van der Waals surface area contributed by atoms with Gasteiger partial charge in [0.2, 0.25) is 0 Å². The summed E-state index contributed by atoms with van der Waals surface area (Å²) in [6.45, 7) is 9.10. The van der Waals surface area contributed by atoms with Gasteiger partial charge >= 0.3 is 5.69 Å². The van der Waals surface area contributed by atoms with E-state index in [9.17, 15) is 15.0 Å². The number of hydrogen-bond donors (Lipinski definition) is 3. The van der Waals surface area contributed by atoms with Crippen LogP contribution in [0.3, 0.4) is 0 Å². The second kappa shape index (κ2) is 8.59. The first-order valence-electron chi connectivity index (χ1n) is 10.5. The van der Waals surface area contributed by atoms with Crippen LogP contribution in [-0.4, -0.2) is 50.5 Å². The first-order chi connectivity index (χ1) is 14.5. The number of nitrogens with zero attached hydrogens (tertiary/aromatic N) is 3. The summed E-state index contributed by atoms with van der Waals surface area (Å²) in [5.74, 6) is 0.558. The number of aromatic hydroxyl groups is 2. The topological polar surface area (TPSA) is 94.4 Å². The molecule has 0 saturated carbocycles. The molecule has 1 heterocycles. The first kappa shape index (κ1) is 22.6. The lowest BCUT2D eigenvalue weighted by Crippen LogP contribution is -2.17. The molecule has 1 aromatic heterocycles. The highest BCUT2D eigenvalue weighted by Gasteiger charge is 2.24. The van der Waals surface area contributed by atoms with Crippen molar-refractivity contribution in [2.24, 2.45) is 0 Å². The van der Waals surface area contributed by atoms with Gasteiger partial charge in [0.15, 0.2) is 5.82 Å². The summed E-state index contributed by atoms with van der Waals surface area (Å²) >= 11 is 0. The Morgan fingerprint density at radius 1 is 1.10 bits per heavy atom. The molecular formula is C24H32N4O3. The molecule has 3 aromatic rings. The number of benzene rings is 2. The second-order valence-electron chi connectivity index (χ2n) is 9.41. The predicted octanol–water partition coefficient (Wildman–Crippen LogP) is 3.99. The largest absolute Gasteiger partial charge is 0.508 e. The quantitative estimate of drug-likeness (QED) is 0.556. The molecule has 0 spiro atoms. The van der Waals surface area contributed by atoms with Gasteiger partial charge in [0.25, 0.3) is 0 Å². The van der Waals surface area contributed by atoms with Crippen LogP contribution in [0.5, 0.6) is 11.5 Å². The van der Waals surface area contributed by atoms with Crippen molar-refractivity contribution in [1.29, 1.82) is 0 Å². The lowest BCUT2D eigenvalue weighted by molar-refractivity contribution is 0.386. The van der Waals surface area contributed by atoms with Crippen LogP contribution >= 0.6 is 0 Å². The number of H-pyrrole nitrogens is 1. The molecule has 7 heteroatoms. The molecule has 0 radical (unpaired) electrons. The van der Waals surface area contributed by atoms with E-state index in [-0.39, 0.29) is 16.9 Å². The fourth-order valence-corrected chi connectivity index (χ4v) is 3.64. The predicted molar refractivity (Wildman–Crippen MR) is 123 cm³/mol. The maximum atomic E-state index is 12.6. The molecule has 3 rings (SSSR count). The minimum atomic E-state index is -0.395. The van der Waals surface area contributed by atoms with Gasteiger partial charge in [0.05, 0.1) is 11.3 Å². The third kappa shape index (κ3) is 4.82. The number of nitrogens with one attached hydrogen (secondary N) is 1. The molecule has 7 nitrogen and oxygen atoms in total. The van der Waals surface area contributed by atoms with Gasteiger partial charge in [-0.2, -0.15) is 5.10 Å². The molecule has 2 aromatic carbocycles. The van der Waals surface area contributed by atoms with Crippen LogP contribution in [0, 0.1) is 0 Å². The Labute approximate surface area is 183 Å². The summed E-state index contributed by atoms with van der Waals surface area (Å²) < 4.78 is 1.44. The summed E-state index contributed by atoms with van der Waals surface area (Å²) in [5.41, 5.74) is 2.15. The van der Waals surface area contributed by atoms with Crippen molar-refractivity contribution in [2.75, 3.05) is 20.6 Å². The van der Waals surface area contributed by atoms with Crippen LogP contribution in [0.1, 0.15) is 51.2 Å². The molecule has 31 heavy (non-hydrogen) atoms. The summed E-state index contributed by atoms with van der Waals surface area (Å²) in [7, 11) is 4.12. The number of hydrogen-bond acceptors (Lipinski definition) is 5. The first-order valence-corrected chi connectivity index (χ1v) is 10.5. The Morgan fingerprint density at radius 3 is 2.32 bits per heavy atom. The molecule has 0 saturated heterocycles. The molecule has 0 fully saturated rings. The van der Waals surface area contributed by atoms with Crippen molar-refractivity contribution in [3.8, 4) is 28.6 Å². The molecule has 0 aliphatic rings. The van der Waals surface area contributed by atoms with Crippen molar-refractivity contribution in [3.63, 3.8) is 0 Å². The summed E-state index contributed by atoms with van der Waals surface area (Å²) in [6.07, 6.45) is 1.04. The van der Waals surface area contributed by atoms with E-state index in [4.69, 9.17) is 0 Å². The monoisotopic (exact) mass is 424 g/mol. The second-order valence-corrected chi connectivity index (χ2v) is 9.41. The van der Waals surface area contributed by atoms with Crippen molar-refractivity contribution in [1.82, 2.24) is 19.7 Å². The van der Waals surface area contributed by atoms with Gasteiger partial charge in [-0.25, -0.2) is 14.5 Å². The minimum absolute atomic E-state index is 0.00856. The van der Waals surface area contributed by atoms with E-state index in [2.05, 4.69) is 36.1 Å². The fourth-order valence-electron chi connectivity index (χ4n) is 3.64. The smallest absolute Gasteiger partial charge is 0.348 e. The van der Waals surface area contributed by atoms with E-state index in [1.54, 1.807) is 6.07 Å². The number of rotatable bonds is 6. The highest BCUT2D eigenvalue weighted by molar-refractivity contribution is 5.69. The van der Waals surface area contributed by atoms with Crippen molar-refractivity contribution in [3.05, 3.63) is 58.0 Å². The van der Waals surface area contributed by atoms with Crippen LogP contribution in [0.25, 0.3) is 17.1 Å². The molecule has 0 aliphatic carbocycles. The molecule has 0 bridgehead atoms. The fraction of sp³-hybridized carbons (Fsp3) is 0.417. The molecule has 0 amide bonds. The number of phenols is 2. The standard InChI is InChI=1S/C24H32N4O3/c1-15(11-12-27(5)6)16-7-9-17(10-8-16)28-22(25-26-23(28)31)18-13-19(24(2,3)4)21(30)14-20(18)29/h7-10,13-15,29-30H,11-12H2,1-6H3,(H,26,31). The van der Waals surface area contributed by atoms with Crippen LogP contribution in [0.15, 0.2) is 41.2 Å². The van der Waals surface area contributed by atoms with Crippen molar-refractivity contribution < 1.29 is 10.2 Å². The Bertz CT molecular complexity index is 1110. The Morgan fingerprint density at radius 2 is 1.74 bits per heavy atom. The number of aromatic nitrogens is 3. The van der Waals surface area contributed by atoms with Gasteiger partial charge in [-0.05, 0) is 62.2 Å².